The van der Waals surface area contributed by atoms with E-state index >= 15 is 0 Å². The molecule has 0 saturated heterocycles. The molecule has 4 heteroatoms. The van der Waals surface area contributed by atoms with Crippen LogP contribution in [0.4, 0.5) is 5.69 Å². The topological polar surface area (TPSA) is 41.3 Å². The Hall–Kier alpha value is -0.580. The Morgan fingerprint density at radius 2 is 2.12 bits per heavy atom. The average Bonchev–Trinajstić information content (AvgIpc) is 2.49. The van der Waals surface area contributed by atoms with Crippen LogP contribution in [-0.2, 0) is 6.54 Å². The van der Waals surface area contributed by atoms with E-state index in [1.54, 1.807) is 11.3 Å². The first-order valence-electron chi connectivity index (χ1n) is 5.58. The van der Waals surface area contributed by atoms with Crippen molar-refractivity contribution in [2.24, 2.45) is 5.41 Å². The molecule has 0 aliphatic rings. The van der Waals surface area contributed by atoms with E-state index in [1.165, 1.54) is 4.88 Å². The largest absolute Gasteiger partial charge is 0.398 e. The van der Waals surface area contributed by atoms with Crippen molar-refractivity contribution in [1.82, 2.24) is 10.2 Å². The van der Waals surface area contributed by atoms with E-state index in [9.17, 15) is 0 Å². The van der Waals surface area contributed by atoms with E-state index in [2.05, 4.69) is 38.2 Å². The van der Waals surface area contributed by atoms with Gasteiger partial charge in [0.25, 0.3) is 0 Å². The van der Waals surface area contributed by atoms with Crippen molar-refractivity contribution in [3.63, 3.8) is 0 Å². The Morgan fingerprint density at radius 3 is 2.62 bits per heavy atom. The van der Waals surface area contributed by atoms with Gasteiger partial charge in [-0.15, -0.1) is 11.3 Å². The third kappa shape index (κ3) is 4.51. The van der Waals surface area contributed by atoms with Gasteiger partial charge in [0.2, 0.25) is 0 Å². The van der Waals surface area contributed by atoms with Gasteiger partial charge in [-0.1, -0.05) is 13.8 Å². The first-order valence-corrected chi connectivity index (χ1v) is 6.46. The molecule has 0 saturated carbocycles. The quantitative estimate of drug-likeness (QED) is 0.800. The third-order valence-corrected chi connectivity index (χ3v) is 3.35. The molecule has 1 heterocycles. The van der Waals surface area contributed by atoms with Crippen LogP contribution in [0.2, 0.25) is 0 Å². The summed E-state index contributed by atoms with van der Waals surface area (Å²) in [5, 5.41) is 5.52. The second-order valence-corrected chi connectivity index (χ2v) is 6.31. The number of nitrogen functional groups attached to an aromatic ring is 1. The van der Waals surface area contributed by atoms with Crippen molar-refractivity contribution in [2.75, 3.05) is 32.9 Å². The molecule has 3 nitrogen and oxygen atoms in total. The van der Waals surface area contributed by atoms with E-state index in [1.807, 2.05) is 11.4 Å². The number of nitrogens with two attached hydrogens (primary N) is 1. The summed E-state index contributed by atoms with van der Waals surface area (Å²) in [6.07, 6.45) is 0. The predicted molar refractivity (Wildman–Crippen MR) is 72.8 cm³/mol. The second-order valence-electron chi connectivity index (χ2n) is 5.30. The molecule has 3 N–H and O–H groups in total. The second kappa shape index (κ2) is 5.66. The van der Waals surface area contributed by atoms with Crippen molar-refractivity contribution in [3.05, 3.63) is 16.3 Å². The fourth-order valence-electron chi connectivity index (χ4n) is 1.92. The van der Waals surface area contributed by atoms with Crippen molar-refractivity contribution in [3.8, 4) is 0 Å². The fraction of sp³-hybridized carbons (Fsp3) is 0.667. The van der Waals surface area contributed by atoms with Crippen molar-refractivity contribution in [2.45, 2.75) is 20.4 Å². The SMILES string of the molecule is CN(C)CC(C)(C)CNCc1sccc1N. The van der Waals surface area contributed by atoms with Crippen LogP contribution in [0.5, 0.6) is 0 Å². The van der Waals surface area contributed by atoms with Crippen LogP contribution in [0.25, 0.3) is 0 Å². The van der Waals surface area contributed by atoms with E-state index in [-0.39, 0.29) is 5.41 Å². The molecule has 16 heavy (non-hydrogen) atoms. The van der Waals surface area contributed by atoms with Crippen LogP contribution in [0.1, 0.15) is 18.7 Å². The van der Waals surface area contributed by atoms with Crippen LogP contribution in [0, 0.1) is 5.41 Å². The zero-order chi connectivity index (χ0) is 12.2. The first-order chi connectivity index (χ1) is 7.41. The lowest BCUT2D eigenvalue weighted by molar-refractivity contribution is 0.232. The van der Waals surface area contributed by atoms with Gasteiger partial charge in [-0.3, -0.25) is 0 Å². The number of nitrogens with zero attached hydrogens (tertiary/aromatic N) is 1. The molecule has 0 aliphatic heterocycles. The molecule has 0 spiro atoms. The van der Waals surface area contributed by atoms with Gasteiger partial charge in [0, 0.05) is 30.2 Å². The van der Waals surface area contributed by atoms with Gasteiger partial charge < -0.3 is 16.0 Å². The normalized spacial score (nSPS) is 12.3. The maximum atomic E-state index is 5.83. The highest BCUT2D eigenvalue weighted by molar-refractivity contribution is 7.10. The molecule has 0 aliphatic carbocycles. The number of rotatable bonds is 6. The molecular formula is C12H23N3S. The molecule has 0 aromatic carbocycles. The van der Waals surface area contributed by atoms with Gasteiger partial charge in [0.05, 0.1) is 0 Å². The molecule has 0 bridgehead atoms. The molecule has 0 radical (unpaired) electrons. The van der Waals surface area contributed by atoms with Crippen LogP contribution in [0.15, 0.2) is 11.4 Å². The Bertz CT molecular complexity index is 318. The van der Waals surface area contributed by atoms with Crippen molar-refractivity contribution in [1.29, 1.82) is 0 Å². The summed E-state index contributed by atoms with van der Waals surface area (Å²) in [5.41, 5.74) is 7.03. The number of thiophene rings is 1. The van der Waals surface area contributed by atoms with Gasteiger partial charge in [0.15, 0.2) is 0 Å². The Kier molecular flexibility index (Phi) is 4.77. The average molecular weight is 241 g/mol. The Labute approximate surface area is 103 Å². The van der Waals surface area contributed by atoms with Crippen molar-refractivity contribution >= 4 is 17.0 Å². The van der Waals surface area contributed by atoms with Gasteiger partial charge in [-0.2, -0.15) is 0 Å². The fourth-order valence-corrected chi connectivity index (χ4v) is 2.69. The minimum Gasteiger partial charge on any atom is -0.398 e. The molecule has 0 unspecified atom stereocenters. The van der Waals surface area contributed by atoms with E-state index in [0.717, 1.165) is 25.3 Å². The lowest BCUT2D eigenvalue weighted by Gasteiger charge is -2.28. The maximum Gasteiger partial charge on any atom is 0.0468 e. The van der Waals surface area contributed by atoms with Gasteiger partial charge in [-0.05, 0) is 31.0 Å². The number of hydrogen-bond donors (Lipinski definition) is 2. The molecule has 1 aromatic heterocycles. The van der Waals surface area contributed by atoms with Gasteiger partial charge >= 0.3 is 0 Å². The molecule has 1 aromatic rings. The van der Waals surface area contributed by atoms with E-state index in [0.29, 0.717) is 0 Å². The summed E-state index contributed by atoms with van der Waals surface area (Å²) in [6.45, 7) is 7.51. The lowest BCUT2D eigenvalue weighted by atomic mass is 9.93. The third-order valence-electron chi connectivity index (χ3n) is 2.41. The number of nitrogens with one attached hydrogen (secondary N) is 1. The van der Waals surface area contributed by atoms with Gasteiger partial charge in [-0.25, -0.2) is 0 Å². The highest BCUT2D eigenvalue weighted by atomic mass is 32.1. The minimum absolute atomic E-state index is 0.287. The molecule has 0 amide bonds. The zero-order valence-corrected chi connectivity index (χ0v) is 11.5. The van der Waals surface area contributed by atoms with Gasteiger partial charge in [0.1, 0.15) is 0 Å². The van der Waals surface area contributed by atoms with Crippen LogP contribution in [0.3, 0.4) is 0 Å². The molecule has 0 atom stereocenters. The summed E-state index contributed by atoms with van der Waals surface area (Å²) in [5.74, 6) is 0. The Morgan fingerprint density at radius 1 is 1.44 bits per heavy atom. The number of hydrogen-bond acceptors (Lipinski definition) is 4. The summed E-state index contributed by atoms with van der Waals surface area (Å²) in [6, 6.07) is 1.96. The minimum atomic E-state index is 0.287. The highest BCUT2D eigenvalue weighted by Crippen LogP contribution is 2.19. The Balaban J connectivity index is 2.32. The van der Waals surface area contributed by atoms with E-state index < -0.39 is 0 Å². The highest BCUT2D eigenvalue weighted by Gasteiger charge is 2.18. The summed E-state index contributed by atoms with van der Waals surface area (Å²) in [7, 11) is 4.22. The molecular weight excluding hydrogens is 218 g/mol. The van der Waals surface area contributed by atoms with Crippen LogP contribution >= 0.6 is 11.3 Å². The zero-order valence-electron chi connectivity index (χ0n) is 10.7. The summed E-state index contributed by atoms with van der Waals surface area (Å²) in [4.78, 5) is 3.46. The number of anilines is 1. The van der Waals surface area contributed by atoms with Crippen LogP contribution < -0.4 is 11.1 Å². The standard InChI is InChI=1S/C12H23N3S/c1-12(2,9-15(3)4)8-14-7-11-10(13)5-6-16-11/h5-6,14H,7-9,13H2,1-4H3. The van der Waals surface area contributed by atoms with E-state index in [4.69, 9.17) is 5.73 Å². The lowest BCUT2D eigenvalue weighted by Crippen LogP contribution is -2.37. The summed E-state index contributed by atoms with van der Waals surface area (Å²) < 4.78 is 0. The molecule has 1 rings (SSSR count). The molecule has 0 fully saturated rings. The summed E-state index contributed by atoms with van der Waals surface area (Å²) >= 11 is 1.72. The monoisotopic (exact) mass is 241 g/mol. The van der Waals surface area contributed by atoms with Crippen LogP contribution in [-0.4, -0.2) is 32.1 Å². The first kappa shape index (κ1) is 13.5. The van der Waals surface area contributed by atoms with Crippen molar-refractivity contribution < 1.29 is 0 Å². The maximum absolute atomic E-state index is 5.83. The molecule has 92 valence electrons. The smallest absolute Gasteiger partial charge is 0.0468 e. The predicted octanol–water partition coefficient (Wildman–Crippen LogP) is 2.01.